The third-order valence-corrected chi connectivity index (χ3v) is 4.17. The van der Waals surface area contributed by atoms with E-state index >= 15 is 0 Å². The average molecular weight is 254 g/mol. The SMILES string of the molecule is CN1CCC(C(=O)NC2CCCCC2C(=O)O)C1. The molecule has 3 unspecified atom stereocenters. The van der Waals surface area contributed by atoms with Crippen LogP contribution in [0.1, 0.15) is 32.1 Å². The van der Waals surface area contributed by atoms with E-state index in [4.69, 9.17) is 5.11 Å². The molecular weight excluding hydrogens is 232 g/mol. The molecule has 0 radical (unpaired) electrons. The molecule has 0 aromatic carbocycles. The molecule has 1 amide bonds. The van der Waals surface area contributed by atoms with Crippen molar-refractivity contribution >= 4 is 11.9 Å². The Morgan fingerprint density at radius 1 is 1.22 bits per heavy atom. The fourth-order valence-corrected chi connectivity index (χ4v) is 3.05. The van der Waals surface area contributed by atoms with Crippen LogP contribution in [0.5, 0.6) is 0 Å². The van der Waals surface area contributed by atoms with Gasteiger partial charge in [0.25, 0.3) is 0 Å². The van der Waals surface area contributed by atoms with E-state index in [2.05, 4.69) is 10.2 Å². The standard InChI is InChI=1S/C13H22N2O3/c1-15-7-6-9(8-15)12(16)14-11-5-3-2-4-10(11)13(17)18/h9-11H,2-8H2,1H3,(H,14,16)(H,17,18). The Morgan fingerprint density at radius 2 is 1.94 bits per heavy atom. The van der Waals surface area contributed by atoms with E-state index in [0.717, 1.165) is 38.8 Å². The maximum atomic E-state index is 12.1. The Balaban J connectivity index is 1.90. The Hall–Kier alpha value is -1.10. The number of carbonyl (C=O) groups is 2. The van der Waals surface area contributed by atoms with Crippen molar-refractivity contribution in [2.75, 3.05) is 20.1 Å². The first-order chi connectivity index (χ1) is 8.58. The fourth-order valence-electron chi connectivity index (χ4n) is 3.05. The van der Waals surface area contributed by atoms with Crippen LogP contribution in [-0.4, -0.2) is 48.1 Å². The highest BCUT2D eigenvalue weighted by Crippen LogP contribution is 2.25. The van der Waals surface area contributed by atoms with Gasteiger partial charge in [0.1, 0.15) is 0 Å². The molecule has 1 aliphatic carbocycles. The molecule has 2 N–H and O–H groups in total. The van der Waals surface area contributed by atoms with Gasteiger partial charge < -0.3 is 15.3 Å². The largest absolute Gasteiger partial charge is 0.481 e. The number of amides is 1. The highest BCUT2D eigenvalue weighted by Gasteiger charge is 2.34. The van der Waals surface area contributed by atoms with Crippen LogP contribution in [0.3, 0.4) is 0 Å². The number of rotatable bonds is 3. The number of carboxylic acids is 1. The number of nitrogens with one attached hydrogen (secondary N) is 1. The summed E-state index contributed by atoms with van der Waals surface area (Å²) in [7, 11) is 2.01. The number of carbonyl (C=O) groups excluding carboxylic acids is 1. The van der Waals surface area contributed by atoms with E-state index in [1.807, 2.05) is 7.05 Å². The van der Waals surface area contributed by atoms with Gasteiger partial charge in [-0.25, -0.2) is 0 Å². The molecule has 3 atom stereocenters. The minimum absolute atomic E-state index is 0.0337. The molecule has 1 aliphatic heterocycles. The van der Waals surface area contributed by atoms with Gasteiger partial charge in [0, 0.05) is 12.6 Å². The second-order valence-electron chi connectivity index (χ2n) is 5.59. The maximum absolute atomic E-state index is 12.1. The van der Waals surface area contributed by atoms with Crippen LogP contribution in [-0.2, 0) is 9.59 Å². The summed E-state index contributed by atoms with van der Waals surface area (Å²) in [6.45, 7) is 1.74. The first-order valence-corrected chi connectivity index (χ1v) is 6.79. The lowest BCUT2D eigenvalue weighted by molar-refractivity contribution is -0.144. The Morgan fingerprint density at radius 3 is 2.56 bits per heavy atom. The van der Waals surface area contributed by atoms with Gasteiger partial charge in [-0.1, -0.05) is 12.8 Å². The Bertz CT molecular complexity index is 332. The van der Waals surface area contributed by atoms with Crippen molar-refractivity contribution in [3.05, 3.63) is 0 Å². The Labute approximate surface area is 108 Å². The van der Waals surface area contributed by atoms with Gasteiger partial charge in [0.15, 0.2) is 0 Å². The summed E-state index contributed by atoms with van der Waals surface area (Å²) in [6.07, 6.45) is 4.33. The summed E-state index contributed by atoms with van der Waals surface area (Å²) < 4.78 is 0. The highest BCUT2D eigenvalue weighted by molar-refractivity contribution is 5.80. The second-order valence-corrected chi connectivity index (χ2v) is 5.59. The summed E-state index contributed by atoms with van der Waals surface area (Å²) in [5.41, 5.74) is 0. The molecule has 18 heavy (non-hydrogen) atoms. The van der Waals surface area contributed by atoms with E-state index < -0.39 is 11.9 Å². The maximum Gasteiger partial charge on any atom is 0.308 e. The molecule has 1 heterocycles. The smallest absolute Gasteiger partial charge is 0.308 e. The minimum Gasteiger partial charge on any atom is -0.481 e. The van der Waals surface area contributed by atoms with Gasteiger partial charge in [-0.3, -0.25) is 9.59 Å². The molecule has 2 fully saturated rings. The van der Waals surface area contributed by atoms with Gasteiger partial charge in [-0.05, 0) is 32.9 Å². The molecule has 0 aromatic heterocycles. The quantitative estimate of drug-likeness (QED) is 0.778. The molecule has 0 spiro atoms. The van der Waals surface area contributed by atoms with Crippen LogP contribution >= 0.6 is 0 Å². The van der Waals surface area contributed by atoms with Crippen molar-refractivity contribution in [3.63, 3.8) is 0 Å². The van der Waals surface area contributed by atoms with E-state index in [1.165, 1.54) is 0 Å². The first-order valence-electron chi connectivity index (χ1n) is 6.79. The van der Waals surface area contributed by atoms with Crippen LogP contribution in [0, 0.1) is 11.8 Å². The number of likely N-dealkylation sites (tertiary alicyclic amines) is 1. The van der Waals surface area contributed by atoms with Crippen molar-refractivity contribution in [1.29, 1.82) is 0 Å². The monoisotopic (exact) mass is 254 g/mol. The molecule has 1 saturated heterocycles. The van der Waals surface area contributed by atoms with Gasteiger partial charge in [-0.15, -0.1) is 0 Å². The van der Waals surface area contributed by atoms with Crippen molar-refractivity contribution in [1.82, 2.24) is 10.2 Å². The molecule has 5 heteroatoms. The summed E-state index contributed by atoms with van der Waals surface area (Å²) >= 11 is 0. The fraction of sp³-hybridized carbons (Fsp3) is 0.846. The predicted molar refractivity (Wildman–Crippen MR) is 67.1 cm³/mol. The van der Waals surface area contributed by atoms with Crippen LogP contribution < -0.4 is 5.32 Å². The van der Waals surface area contributed by atoms with E-state index in [9.17, 15) is 9.59 Å². The molecule has 5 nitrogen and oxygen atoms in total. The summed E-state index contributed by atoms with van der Waals surface area (Å²) in [4.78, 5) is 25.4. The van der Waals surface area contributed by atoms with E-state index in [0.29, 0.717) is 6.42 Å². The molecule has 1 saturated carbocycles. The molecule has 2 aliphatic rings. The van der Waals surface area contributed by atoms with Crippen LogP contribution in [0.25, 0.3) is 0 Å². The van der Waals surface area contributed by atoms with Crippen LogP contribution in [0.4, 0.5) is 0 Å². The lowest BCUT2D eigenvalue weighted by atomic mass is 9.84. The Kier molecular flexibility index (Phi) is 4.22. The van der Waals surface area contributed by atoms with Gasteiger partial charge in [0.05, 0.1) is 11.8 Å². The lowest BCUT2D eigenvalue weighted by Gasteiger charge is -2.30. The topological polar surface area (TPSA) is 69.6 Å². The van der Waals surface area contributed by atoms with Crippen molar-refractivity contribution in [2.24, 2.45) is 11.8 Å². The van der Waals surface area contributed by atoms with Crippen molar-refractivity contribution in [2.45, 2.75) is 38.1 Å². The summed E-state index contributed by atoms with van der Waals surface area (Å²) in [5.74, 6) is -1.10. The number of hydrogen-bond acceptors (Lipinski definition) is 3. The number of aliphatic carboxylic acids is 1. The van der Waals surface area contributed by atoms with E-state index in [1.54, 1.807) is 0 Å². The zero-order chi connectivity index (χ0) is 13.1. The number of nitrogens with zero attached hydrogens (tertiary/aromatic N) is 1. The third-order valence-electron chi connectivity index (χ3n) is 4.17. The van der Waals surface area contributed by atoms with Gasteiger partial charge in [0.2, 0.25) is 5.91 Å². The lowest BCUT2D eigenvalue weighted by Crippen LogP contribution is -2.47. The highest BCUT2D eigenvalue weighted by atomic mass is 16.4. The second kappa shape index (κ2) is 5.69. The zero-order valence-corrected chi connectivity index (χ0v) is 10.9. The van der Waals surface area contributed by atoms with Crippen molar-refractivity contribution < 1.29 is 14.7 Å². The molecular formula is C13H22N2O3. The van der Waals surface area contributed by atoms with Gasteiger partial charge >= 0.3 is 5.97 Å². The molecule has 102 valence electrons. The molecule has 2 rings (SSSR count). The number of hydrogen-bond donors (Lipinski definition) is 2. The number of carboxylic acid groups (broad SMARTS) is 1. The zero-order valence-electron chi connectivity index (χ0n) is 10.9. The average Bonchev–Trinajstić information content (AvgIpc) is 2.76. The van der Waals surface area contributed by atoms with Gasteiger partial charge in [-0.2, -0.15) is 0 Å². The van der Waals surface area contributed by atoms with Crippen molar-refractivity contribution in [3.8, 4) is 0 Å². The molecule has 0 bridgehead atoms. The summed E-state index contributed by atoms with van der Waals surface area (Å²) in [6, 6.07) is -0.172. The molecule has 0 aromatic rings. The van der Waals surface area contributed by atoms with Crippen LogP contribution in [0.15, 0.2) is 0 Å². The van der Waals surface area contributed by atoms with Crippen LogP contribution in [0.2, 0.25) is 0 Å². The first kappa shape index (κ1) is 13.3. The predicted octanol–water partition coefficient (Wildman–Crippen LogP) is 0.698. The summed E-state index contributed by atoms with van der Waals surface area (Å²) in [5, 5.41) is 12.1. The minimum atomic E-state index is -0.775. The van der Waals surface area contributed by atoms with E-state index in [-0.39, 0.29) is 17.9 Å². The normalized spacial score (nSPS) is 33.3. The third kappa shape index (κ3) is 3.02.